The molecule has 1 saturated heterocycles. The lowest BCUT2D eigenvalue weighted by Crippen LogP contribution is -2.59. The Balaban J connectivity index is 0.00000256. The molecule has 4 N–H and O–H groups in total. The van der Waals surface area contributed by atoms with Crippen LogP contribution in [0.4, 0.5) is 0 Å². The molecular weight excluding hydrogens is 249 g/mol. The van der Waals surface area contributed by atoms with E-state index in [0.717, 1.165) is 5.06 Å². The maximum absolute atomic E-state index is 11.9. The van der Waals surface area contributed by atoms with Crippen LogP contribution in [0.1, 0.15) is 40.5 Å². The van der Waals surface area contributed by atoms with E-state index in [-0.39, 0.29) is 5.48 Å². The molecule has 8 heteroatoms. The van der Waals surface area contributed by atoms with Crippen molar-refractivity contribution in [3.8, 4) is 0 Å². The molecule has 0 atom stereocenters. The molecule has 1 fully saturated rings. The zero-order chi connectivity index (χ0) is 12.8. The Kier molecular flexibility index (Phi) is 4.93. The smallest absolute Gasteiger partial charge is 0.412 e. The third-order valence-corrected chi connectivity index (χ3v) is 3.41. The van der Waals surface area contributed by atoms with Crippen molar-refractivity contribution in [3.05, 3.63) is 0 Å². The summed E-state index contributed by atoms with van der Waals surface area (Å²) >= 11 is 0. The van der Waals surface area contributed by atoms with E-state index < -0.39 is 25.0 Å². The predicted molar refractivity (Wildman–Crippen MR) is 60.4 cm³/mol. The first kappa shape index (κ1) is 17.0. The fourth-order valence-corrected chi connectivity index (χ4v) is 2.98. The average molecular weight is 270 g/mol. The van der Waals surface area contributed by atoms with Gasteiger partial charge in [-0.25, -0.2) is 4.57 Å². The summed E-state index contributed by atoms with van der Waals surface area (Å²) in [5.41, 5.74) is -1.36. The number of phosphoric ester groups is 1. The molecular formula is C9H21NO6P. The van der Waals surface area contributed by atoms with Crippen LogP contribution >= 0.6 is 7.82 Å². The van der Waals surface area contributed by atoms with Crippen molar-refractivity contribution in [3.63, 3.8) is 0 Å². The number of hydroxylamine groups is 2. The lowest BCUT2D eigenvalue weighted by atomic mass is 9.80. The molecule has 0 aromatic heterocycles. The van der Waals surface area contributed by atoms with Crippen LogP contribution in [0, 0.1) is 0 Å². The number of nitrogens with zero attached hydrogens (tertiary/aromatic N) is 1. The second-order valence-corrected chi connectivity index (χ2v) is 6.74. The van der Waals surface area contributed by atoms with Crippen molar-refractivity contribution in [1.29, 1.82) is 0 Å². The molecule has 0 bridgehead atoms. The van der Waals surface area contributed by atoms with Crippen molar-refractivity contribution in [2.45, 2.75) is 57.7 Å². The quantitative estimate of drug-likeness (QED) is 0.713. The SMILES string of the molecule is CC1(C)CC(OP(=O)(O)O)CC(C)(C)N1[O].O. The molecule has 0 unspecified atom stereocenters. The maximum Gasteiger partial charge on any atom is 0.469 e. The fraction of sp³-hybridized carbons (Fsp3) is 1.00. The summed E-state index contributed by atoms with van der Waals surface area (Å²) < 4.78 is 15.5. The van der Waals surface area contributed by atoms with E-state index in [0.29, 0.717) is 12.8 Å². The highest BCUT2D eigenvalue weighted by molar-refractivity contribution is 7.46. The lowest BCUT2D eigenvalue weighted by Gasteiger charge is -2.49. The molecule has 0 amide bonds. The van der Waals surface area contributed by atoms with E-state index in [9.17, 15) is 9.77 Å². The minimum absolute atomic E-state index is 0. The van der Waals surface area contributed by atoms with Gasteiger partial charge in [0.25, 0.3) is 0 Å². The van der Waals surface area contributed by atoms with E-state index in [2.05, 4.69) is 0 Å². The Morgan fingerprint density at radius 2 is 1.53 bits per heavy atom. The summed E-state index contributed by atoms with van der Waals surface area (Å²) in [6, 6.07) is 0. The van der Waals surface area contributed by atoms with Crippen molar-refractivity contribution in [2.75, 3.05) is 0 Å². The summed E-state index contributed by atoms with van der Waals surface area (Å²) in [6.07, 6.45) is 0.0341. The second kappa shape index (κ2) is 4.93. The van der Waals surface area contributed by atoms with Crippen molar-refractivity contribution in [1.82, 2.24) is 5.06 Å². The fourth-order valence-electron chi connectivity index (χ4n) is 2.44. The minimum Gasteiger partial charge on any atom is -0.412 e. The zero-order valence-electron chi connectivity index (χ0n) is 10.5. The molecule has 0 aliphatic carbocycles. The number of hydrogen-bond acceptors (Lipinski definition) is 3. The first-order chi connectivity index (χ1) is 6.94. The van der Waals surface area contributed by atoms with Crippen molar-refractivity contribution >= 4 is 7.82 Å². The molecule has 1 heterocycles. The summed E-state index contributed by atoms with van der Waals surface area (Å²) in [5.74, 6) is 0. The van der Waals surface area contributed by atoms with Gasteiger partial charge in [0.05, 0.1) is 6.10 Å². The van der Waals surface area contributed by atoms with Gasteiger partial charge in [-0.2, -0.15) is 0 Å². The van der Waals surface area contributed by atoms with Crippen LogP contribution in [0.2, 0.25) is 0 Å². The number of hydrogen-bond donors (Lipinski definition) is 2. The standard InChI is InChI=1S/C9H19NO5P.H2O/c1-8(2)5-7(15-16(12,13)14)6-9(3,4)10(8)11;/h7H,5-6H2,1-4H3,(H2,12,13,14);1H2. The number of rotatable bonds is 2. The summed E-state index contributed by atoms with van der Waals surface area (Å²) in [6.45, 7) is 6.99. The monoisotopic (exact) mass is 270 g/mol. The van der Waals surface area contributed by atoms with Gasteiger partial charge in [0.15, 0.2) is 0 Å². The van der Waals surface area contributed by atoms with Crippen LogP contribution in [-0.2, 0) is 14.3 Å². The molecule has 0 spiro atoms. The van der Waals surface area contributed by atoms with Gasteiger partial charge in [-0.3, -0.25) is 4.52 Å². The third-order valence-electron chi connectivity index (χ3n) is 2.84. The molecule has 1 aliphatic heterocycles. The van der Waals surface area contributed by atoms with Gasteiger partial charge in [0.1, 0.15) is 0 Å². The minimum atomic E-state index is -4.49. The van der Waals surface area contributed by atoms with Crippen LogP contribution in [-0.4, -0.2) is 37.5 Å². The Labute approximate surface area is 101 Å². The topological polar surface area (TPSA) is 121 Å². The Morgan fingerprint density at radius 1 is 1.18 bits per heavy atom. The zero-order valence-corrected chi connectivity index (χ0v) is 11.4. The largest absolute Gasteiger partial charge is 0.469 e. The van der Waals surface area contributed by atoms with E-state index in [1.165, 1.54) is 0 Å². The Bertz CT molecular complexity index is 295. The van der Waals surface area contributed by atoms with Crippen LogP contribution in [0.3, 0.4) is 0 Å². The van der Waals surface area contributed by atoms with E-state index >= 15 is 0 Å². The lowest BCUT2D eigenvalue weighted by molar-refractivity contribution is -0.297. The van der Waals surface area contributed by atoms with Gasteiger partial charge in [0.2, 0.25) is 0 Å². The first-order valence-electron chi connectivity index (χ1n) is 5.15. The Hall–Kier alpha value is -0.0100. The van der Waals surface area contributed by atoms with Crippen molar-refractivity contribution in [2.24, 2.45) is 0 Å². The highest BCUT2D eigenvalue weighted by Gasteiger charge is 2.47. The highest BCUT2D eigenvalue weighted by Crippen LogP contribution is 2.45. The van der Waals surface area contributed by atoms with Gasteiger partial charge in [-0.05, 0) is 40.5 Å². The highest BCUT2D eigenvalue weighted by atomic mass is 31.2. The average Bonchev–Trinajstić information content (AvgIpc) is 1.95. The van der Waals surface area contributed by atoms with Gasteiger partial charge in [0, 0.05) is 11.1 Å². The molecule has 1 radical (unpaired) electrons. The number of phosphoric acid groups is 1. The van der Waals surface area contributed by atoms with Gasteiger partial charge in [-0.1, -0.05) is 0 Å². The first-order valence-corrected chi connectivity index (χ1v) is 6.68. The summed E-state index contributed by atoms with van der Waals surface area (Å²) in [5, 5.41) is 12.9. The third kappa shape index (κ3) is 4.30. The molecule has 17 heavy (non-hydrogen) atoms. The van der Waals surface area contributed by atoms with Crippen LogP contribution < -0.4 is 0 Å². The van der Waals surface area contributed by atoms with Crippen LogP contribution in [0.5, 0.6) is 0 Å². The predicted octanol–water partition coefficient (Wildman–Crippen LogP) is 0.638. The Morgan fingerprint density at radius 3 is 1.82 bits per heavy atom. The van der Waals surface area contributed by atoms with E-state index in [1.54, 1.807) is 27.7 Å². The van der Waals surface area contributed by atoms with Gasteiger partial charge >= 0.3 is 7.82 Å². The van der Waals surface area contributed by atoms with Gasteiger partial charge in [-0.15, -0.1) is 10.3 Å². The van der Waals surface area contributed by atoms with E-state index in [4.69, 9.17) is 14.3 Å². The molecule has 103 valence electrons. The van der Waals surface area contributed by atoms with Gasteiger partial charge < -0.3 is 15.3 Å². The molecule has 1 aliphatic rings. The number of piperidine rings is 1. The van der Waals surface area contributed by atoms with Crippen LogP contribution in [0.15, 0.2) is 0 Å². The molecule has 1 rings (SSSR count). The normalized spacial score (nSPS) is 25.4. The molecule has 0 saturated carbocycles. The summed E-state index contributed by atoms with van der Waals surface area (Å²) in [7, 11) is -4.49. The van der Waals surface area contributed by atoms with Crippen LogP contribution in [0.25, 0.3) is 0 Å². The molecule has 0 aromatic rings. The molecule has 7 nitrogen and oxygen atoms in total. The van der Waals surface area contributed by atoms with Crippen molar-refractivity contribution < 1.29 is 29.6 Å². The maximum atomic E-state index is 11.9. The second-order valence-electron chi connectivity index (χ2n) is 5.55. The summed E-state index contributed by atoms with van der Waals surface area (Å²) in [4.78, 5) is 17.5. The van der Waals surface area contributed by atoms with E-state index in [1.807, 2.05) is 0 Å². The molecule has 0 aromatic carbocycles.